The van der Waals surface area contributed by atoms with Gasteiger partial charge >= 0.3 is 0 Å². The zero-order chi connectivity index (χ0) is 22.8. The van der Waals surface area contributed by atoms with Gasteiger partial charge in [-0.2, -0.15) is 0 Å². The Morgan fingerprint density at radius 1 is 1.03 bits per heavy atom. The molecule has 0 bridgehead atoms. The van der Waals surface area contributed by atoms with Crippen LogP contribution >= 0.6 is 0 Å². The van der Waals surface area contributed by atoms with Crippen molar-refractivity contribution in [2.75, 3.05) is 37.6 Å². The molecular formula is C25H35N5O2. The number of nitrogens with zero attached hydrogens (tertiary/aromatic N) is 3. The molecule has 1 atom stereocenters. The molecule has 2 heterocycles. The van der Waals surface area contributed by atoms with Crippen LogP contribution < -0.4 is 15.5 Å². The minimum Gasteiger partial charge on any atom is -0.354 e. The van der Waals surface area contributed by atoms with E-state index in [1.165, 1.54) is 0 Å². The quantitative estimate of drug-likeness (QED) is 0.597. The standard InChI is InChI=1S/C25H35N5O2/c1-3-8-22(28-24(31)18-20-9-6-5-7-10-20)25(32)27-19-21-11-12-26-23(17-21)30-15-13-29(4-2)14-16-30/h5-7,9-12,17,22H,3-4,8,13-16,18-19H2,1-2H3,(H,27,32)(H,28,31). The topological polar surface area (TPSA) is 77.6 Å². The maximum absolute atomic E-state index is 12.8. The number of aromatic nitrogens is 1. The van der Waals surface area contributed by atoms with Gasteiger partial charge < -0.3 is 20.4 Å². The van der Waals surface area contributed by atoms with E-state index in [1.54, 1.807) is 6.20 Å². The summed E-state index contributed by atoms with van der Waals surface area (Å²) in [7, 11) is 0. The Morgan fingerprint density at radius 2 is 1.78 bits per heavy atom. The number of carbonyl (C=O) groups is 2. The van der Waals surface area contributed by atoms with Crippen molar-refractivity contribution in [2.24, 2.45) is 0 Å². The van der Waals surface area contributed by atoms with Crippen molar-refractivity contribution in [3.05, 3.63) is 59.8 Å². The van der Waals surface area contributed by atoms with Crippen molar-refractivity contribution >= 4 is 17.6 Å². The van der Waals surface area contributed by atoms with E-state index in [-0.39, 0.29) is 18.2 Å². The van der Waals surface area contributed by atoms with Crippen molar-refractivity contribution in [1.82, 2.24) is 20.5 Å². The van der Waals surface area contributed by atoms with Gasteiger partial charge in [0.05, 0.1) is 6.42 Å². The van der Waals surface area contributed by atoms with Gasteiger partial charge in [-0.15, -0.1) is 0 Å². The second-order valence-corrected chi connectivity index (χ2v) is 8.23. The number of pyridine rings is 1. The van der Waals surface area contributed by atoms with Crippen molar-refractivity contribution in [3.8, 4) is 0 Å². The summed E-state index contributed by atoms with van der Waals surface area (Å²) < 4.78 is 0. The maximum Gasteiger partial charge on any atom is 0.242 e. The highest BCUT2D eigenvalue weighted by Gasteiger charge is 2.20. The van der Waals surface area contributed by atoms with Crippen LogP contribution in [0, 0.1) is 0 Å². The van der Waals surface area contributed by atoms with E-state index in [9.17, 15) is 9.59 Å². The van der Waals surface area contributed by atoms with Crippen LogP contribution in [0.3, 0.4) is 0 Å². The van der Waals surface area contributed by atoms with Crippen LogP contribution in [0.2, 0.25) is 0 Å². The van der Waals surface area contributed by atoms with E-state index in [2.05, 4.69) is 32.3 Å². The molecule has 2 N–H and O–H groups in total. The van der Waals surface area contributed by atoms with E-state index in [0.717, 1.165) is 56.1 Å². The Labute approximate surface area is 191 Å². The Balaban J connectivity index is 1.53. The second-order valence-electron chi connectivity index (χ2n) is 8.23. The number of amides is 2. The van der Waals surface area contributed by atoms with Gasteiger partial charge in [-0.3, -0.25) is 9.59 Å². The molecule has 1 aromatic heterocycles. The molecule has 32 heavy (non-hydrogen) atoms. The first kappa shape index (κ1) is 23.7. The van der Waals surface area contributed by atoms with Crippen molar-refractivity contribution in [2.45, 2.75) is 45.7 Å². The lowest BCUT2D eigenvalue weighted by Crippen LogP contribution is -2.47. The Morgan fingerprint density at radius 3 is 2.47 bits per heavy atom. The van der Waals surface area contributed by atoms with E-state index in [1.807, 2.05) is 49.4 Å². The van der Waals surface area contributed by atoms with Crippen molar-refractivity contribution < 1.29 is 9.59 Å². The van der Waals surface area contributed by atoms with Crippen LogP contribution in [0.25, 0.3) is 0 Å². The predicted molar refractivity (Wildman–Crippen MR) is 127 cm³/mol. The number of rotatable bonds is 10. The minimum absolute atomic E-state index is 0.137. The summed E-state index contributed by atoms with van der Waals surface area (Å²) in [5, 5.41) is 5.89. The summed E-state index contributed by atoms with van der Waals surface area (Å²) in [6.45, 7) is 9.70. The van der Waals surface area contributed by atoms with Crippen LogP contribution in [0.15, 0.2) is 48.7 Å². The molecule has 3 rings (SSSR count). The van der Waals surface area contributed by atoms with Gasteiger partial charge in [-0.1, -0.05) is 50.6 Å². The molecule has 0 radical (unpaired) electrons. The number of anilines is 1. The monoisotopic (exact) mass is 437 g/mol. The molecule has 7 heteroatoms. The summed E-state index contributed by atoms with van der Waals surface area (Å²) >= 11 is 0. The lowest BCUT2D eigenvalue weighted by molar-refractivity contribution is -0.129. The SMILES string of the molecule is CCCC(NC(=O)Cc1ccccc1)C(=O)NCc1ccnc(N2CCN(CC)CC2)c1. The van der Waals surface area contributed by atoms with Gasteiger partial charge in [0.2, 0.25) is 11.8 Å². The van der Waals surface area contributed by atoms with Gasteiger partial charge in [0, 0.05) is 38.9 Å². The van der Waals surface area contributed by atoms with Gasteiger partial charge in [0.25, 0.3) is 0 Å². The molecular weight excluding hydrogens is 402 g/mol. The molecule has 0 spiro atoms. The summed E-state index contributed by atoms with van der Waals surface area (Å²) in [6, 6.07) is 13.0. The fourth-order valence-electron chi connectivity index (χ4n) is 3.93. The third-order valence-electron chi connectivity index (χ3n) is 5.86. The Bertz CT molecular complexity index is 866. The number of carbonyl (C=O) groups excluding carboxylic acids is 2. The molecule has 1 aromatic carbocycles. The summed E-state index contributed by atoms with van der Waals surface area (Å²) in [4.78, 5) is 34.5. The number of likely N-dealkylation sites (N-methyl/N-ethyl adjacent to an activating group) is 1. The predicted octanol–water partition coefficient (Wildman–Crippen LogP) is 2.37. The van der Waals surface area contributed by atoms with Gasteiger partial charge in [-0.25, -0.2) is 4.98 Å². The molecule has 1 saturated heterocycles. The highest BCUT2D eigenvalue weighted by molar-refractivity contribution is 5.88. The van der Waals surface area contributed by atoms with Crippen molar-refractivity contribution in [3.63, 3.8) is 0 Å². The van der Waals surface area contributed by atoms with E-state index < -0.39 is 6.04 Å². The van der Waals surface area contributed by atoms with Crippen LogP contribution in [0.4, 0.5) is 5.82 Å². The van der Waals surface area contributed by atoms with Gasteiger partial charge in [0.1, 0.15) is 11.9 Å². The second kappa shape index (κ2) is 12.2. The lowest BCUT2D eigenvalue weighted by atomic mass is 10.1. The molecule has 2 amide bonds. The van der Waals surface area contributed by atoms with E-state index in [4.69, 9.17) is 0 Å². The smallest absolute Gasteiger partial charge is 0.242 e. The average Bonchev–Trinajstić information content (AvgIpc) is 2.83. The number of hydrogen-bond donors (Lipinski definition) is 2. The molecule has 1 fully saturated rings. The molecule has 7 nitrogen and oxygen atoms in total. The number of piperazine rings is 1. The molecule has 172 valence electrons. The highest BCUT2D eigenvalue weighted by Crippen LogP contribution is 2.15. The molecule has 2 aromatic rings. The maximum atomic E-state index is 12.8. The normalized spacial score (nSPS) is 15.2. The van der Waals surface area contributed by atoms with E-state index in [0.29, 0.717) is 13.0 Å². The molecule has 0 saturated carbocycles. The van der Waals surface area contributed by atoms with Crippen LogP contribution in [0.1, 0.15) is 37.8 Å². The number of nitrogens with one attached hydrogen (secondary N) is 2. The van der Waals surface area contributed by atoms with Crippen LogP contribution in [0.5, 0.6) is 0 Å². The fourth-order valence-corrected chi connectivity index (χ4v) is 3.93. The third-order valence-corrected chi connectivity index (χ3v) is 5.86. The first-order valence-corrected chi connectivity index (χ1v) is 11.6. The number of hydrogen-bond acceptors (Lipinski definition) is 5. The largest absolute Gasteiger partial charge is 0.354 e. The Hall–Kier alpha value is -2.93. The molecule has 1 unspecified atom stereocenters. The van der Waals surface area contributed by atoms with E-state index >= 15 is 0 Å². The summed E-state index contributed by atoms with van der Waals surface area (Å²) in [5.41, 5.74) is 1.94. The van der Waals surface area contributed by atoms with Crippen molar-refractivity contribution in [1.29, 1.82) is 0 Å². The third kappa shape index (κ3) is 7.05. The van der Waals surface area contributed by atoms with Crippen LogP contribution in [-0.2, 0) is 22.6 Å². The summed E-state index contributed by atoms with van der Waals surface area (Å²) in [6.07, 6.45) is 3.49. The van der Waals surface area contributed by atoms with Gasteiger partial charge in [-0.05, 0) is 36.2 Å². The van der Waals surface area contributed by atoms with Crippen LogP contribution in [-0.4, -0.2) is 60.5 Å². The zero-order valence-corrected chi connectivity index (χ0v) is 19.2. The first-order valence-electron chi connectivity index (χ1n) is 11.6. The first-order chi connectivity index (χ1) is 15.6. The molecule has 0 aliphatic carbocycles. The fraction of sp³-hybridized carbons (Fsp3) is 0.480. The Kier molecular flexibility index (Phi) is 9.04. The molecule has 1 aliphatic heterocycles. The van der Waals surface area contributed by atoms with Gasteiger partial charge in [0.15, 0.2) is 0 Å². The zero-order valence-electron chi connectivity index (χ0n) is 19.2. The average molecular weight is 438 g/mol. The minimum atomic E-state index is -0.528. The molecule has 1 aliphatic rings. The highest BCUT2D eigenvalue weighted by atomic mass is 16.2. The number of benzene rings is 1. The lowest BCUT2D eigenvalue weighted by Gasteiger charge is -2.34. The summed E-state index contributed by atoms with van der Waals surface area (Å²) in [5.74, 6) is 0.666.